The summed E-state index contributed by atoms with van der Waals surface area (Å²) in [5.41, 5.74) is 9.55. The topological polar surface area (TPSA) is 46.3 Å². The van der Waals surface area contributed by atoms with E-state index in [1.807, 2.05) is 59.5 Å². The van der Waals surface area contributed by atoms with E-state index in [1.165, 1.54) is 11.8 Å². The lowest BCUT2D eigenvalue weighted by Gasteiger charge is -2.29. The molecule has 1 aliphatic heterocycles. The zero-order chi connectivity index (χ0) is 14.7. The van der Waals surface area contributed by atoms with Gasteiger partial charge < -0.3 is 10.6 Å². The van der Waals surface area contributed by atoms with Crippen LogP contribution >= 0.6 is 11.8 Å². The molecule has 21 heavy (non-hydrogen) atoms. The number of hydrogen-bond acceptors (Lipinski definition) is 3. The minimum absolute atomic E-state index is 0.137. The van der Waals surface area contributed by atoms with Crippen molar-refractivity contribution in [2.24, 2.45) is 0 Å². The van der Waals surface area contributed by atoms with Crippen LogP contribution in [0.2, 0.25) is 0 Å². The fourth-order valence-corrected chi connectivity index (χ4v) is 3.09. The molecule has 0 bridgehead atoms. The Morgan fingerprint density at radius 1 is 1.05 bits per heavy atom. The first-order valence-electron chi connectivity index (χ1n) is 6.76. The van der Waals surface area contributed by atoms with Crippen molar-refractivity contribution in [1.82, 2.24) is 4.90 Å². The summed E-state index contributed by atoms with van der Waals surface area (Å²) in [7, 11) is 0. The van der Waals surface area contributed by atoms with Crippen molar-refractivity contribution < 1.29 is 4.79 Å². The quantitative estimate of drug-likeness (QED) is 0.884. The highest BCUT2D eigenvalue weighted by Crippen LogP contribution is 2.30. The van der Waals surface area contributed by atoms with E-state index in [9.17, 15) is 4.79 Å². The molecular weight excluding hydrogens is 280 g/mol. The van der Waals surface area contributed by atoms with Crippen molar-refractivity contribution in [1.29, 1.82) is 0 Å². The van der Waals surface area contributed by atoms with Crippen LogP contribution in [-0.2, 0) is 11.3 Å². The summed E-state index contributed by atoms with van der Waals surface area (Å²) in [6.07, 6.45) is 0. The van der Waals surface area contributed by atoms with Crippen LogP contribution < -0.4 is 5.73 Å². The number of carbonyl (C=O) groups excluding carboxylic acids is 1. The van der Waals surface area contributed by atoms with Crippen LogP contribution in [0.25, 0.3) is 5.70 Å². The molecule has 1 amide bonds. The molecule has 0 aromatic heterocycles. The third-order valence-electron chi connectivity index (χ3n) is 3.38. The number of nitrogens with two attached hydrogens (primary N) is 1. The third-order valence-corrected chi connectivity index (χ3v) is 4.19. The average molecular weight is 296 g/mol. The minimum atomic E-state index is 0.137. The van der Waals surface area contributed by atoms with Gasteiger partial charge in [0.2, 0.25) is 5.91 Å². The van der Waals surface area contributed by atoms with Crippen LogP contribution in [0.1, 0.15) is 11.1 Å². The second-order valence-electron chi connectivity index (χ2n) is 4.90. The molecule has 0 atom stereocenters. The zero-order valence-electron chi connectivity index (χ0n) is 11.5. The lowest BCUT2D eigenvalue weighted by atomic mass is 10.1. The highest BCUT2D eigenvalue weighted by Gasteiger charge is 2.23. The van der Waals surface area contributed by atoms with Crippen molar-refractivity contribution >= 4 is 29.1 Å². The van der Waals surface area contributed by atoms with Gasteiger partial charge in [0.1, 0.15) is 0 Å². The number of carbonyl (C=O) groups is 1. The Balaban J connectivity index is 1.91. The predicted octanol–water partition coefficient (Wildman–Crippen LogP) is 3.34. The van der Waals surface area contributed by atoms with E-state index in [0.717, 1.165) is 22.5 Å². The average Bonchev–Trinajstić information content (AvgIpc) is 2.51. The summed E-state index contributed by atoms with van der Waals surface area (Å²) in [6.45, 7) is 0.594. The van der Waals surface area contributed by atoms with E-state index in [1.54, 1.807) is 0 Å². The Morgan fingerprint density at radius 2 is 1.76 bits per heavy atom. The Bertz CT molecular complexity index is 665. The fourth-order valence-electron chi connectivity index (χ4n) is 2.28. The zero-order valence-corrected chi connectivity index (χ0v) is 12.3. The molecular formula is C17H16N2OS. The van der Waals surface area contributed by atoms with Crippen molar-refractivity contribution in [2.75, 3.05) is 11.5 Å². The number of benzene rings is 2. The number of rotatable bonds is 3. The smallest absolute Gasteiger partial charge is 0.237 e. The van der Waals surface area contributed by atoms with Gasteiger partial charge in [-0.3, -0.25) is 4.79 Å². The van der Waals surface area contributed by atoms with Gasteiger partial charge in [-0.15, -0.1) is 11.8 Å². The second-order valence-corrected chi connectivity index (χ2v) is 5.76. The maximum Gasteiger partial charge on any atom is 0.237 e. The third kappa shape index (κ3) is 3.11. The molecule has 2 aromatic rings. The lowest BCUT2D eigenvalue weighted by molar-refractivity contribution is -0.125. The molecule has 0 saturated carbocycles. The van der Waals surface area contributed by atoms with Gasteiger partial charge in [-0.1, -0.05) is 42.5 Å². The number of nitrogens with zero attached hydrogens (tertiary/aromatic N) is 1. The van der Waals surface area contributed by atoms with Crippen LogP contribution in [0, 0.1) is 0 Å². The maximum absolute atomic E-state index is 12.3. The Morgan fingerprint density at radius 3 is 2.48 bits per heavy atom. The van der Waals surface area contributed by atoms with E-state index in [4.69, 9.17) is 5.73 Å². The lowest BCUT2D eigenvalue weighted by Crippen LogP contribution is -2.32. The summed E-state index contributed by atoms with van der Waals surface area (Å²) >= 11 is 1.54. The minimum Gasteiger partial charge on any atom is -0.399 e. The van der Waals surface area contributed by atoms with Gasteiger partial charge in [0.25, 0.3) is 0 Å². The first-order chi connectivity index (χ1) is 10.2. The fraction of sp³-hybridized carbons (Fsp3) is 0.118. The van der Waals surface area contributed by atoms with Gasteiger partial charge in [-0.2, -0.15) is 0 Å². The molecule has 0 aliphatic carbocycles. The number of amides is 1. The van der Waals surface area contributed by atoms with Crippen LogP contribution in [0.5, 0.6) is 0 Å². The van der Waals surface area contributed by atoms with Crippen LogP contribution in [0.3, 0.4) is 0 Å². The summed E-state index contributed by atoms with van der Waals surface area (Å²) < 4.78 is 0. The van der Waals surface area contributed by atoms with E-state index in [-0.39, 0.29) is 5.91 Å². The van der Waals surface area contributed by atoms with Gasteiger partial charge in [0.05, 0.1) is 18.0 Å². The molecule has 0 spiro atoms. The molecule has 0 unspecified atom stereocenters. The molecule has 0 saturated heterocycles. The van der Waals surface area contributed by atoms with Gasteiger partial charge in [-0.25, -0.2) is 0 Å². The summed E-state index contributed by atoms with van der Waals surface area (Å²) in [5.74, 6) is 0.629. The summed E-state index contributed by atoms with van der Waals surface area (Å²) in [4.78, 5) is 14.1. The highest BCUT2D eigenvalue weighted by molar-refractivity contribution is 8.03. The van der Waals surface area contributed by atoms with Crippen molar-refractivity contribution in [2.45, 2.75) is 6.54 Å². The Labute approximate surface area is 128 Å². The first kappa shape index (κ1) is 13.8. The number of hydrogen-bond donors (Lipinski definition) is 1. The number of thioether (sulfide) groups is 1. The van der Waals surface area contributed by atoms with Gasteiger partial charge >= 0.3 is 0 Å². The van der Waals surface area contributed by atoms with Crippen LogP contribution in [0.15, 0.2) is 60.0 Å². The van der Waals surface area contributed by atoms with E-state index in [2.05, 4.69) is 5.41 Å². The number of nitrogen functional groups attached to an aromatic ring is 1. The molecule has 3 rings (SSSR count). The summed E-state index contributed by atoms with van der Waals surface area (Å²) in [5, 5.41) is 2.05. The van der Waals surface area contributed by atoms with Gasteiger partial charge in [-0.05, 0) is 28.7 Å². The second kappa shape index (κ2) is 6.06. The van der Waals surface area contributed by atoms with Gasteiger partial charge in [0, 0.05) is 5.69 Å². The van der Waals surface area contributed by atoms with E-state index < -0.39 is 0 Å². The van der Waals surface area contributed by atoms with Gasteiger partial charge in [0.15, 0.2) is 0 Å². The molecule has 1 aliphatic rings. The number of anilines is 1. The summed E-state index contributed by atoms with van der Waals surface area (Å²) in [6, 6.07) is 17.7. The van der Waals surface area contributed by atoms with Crippen molar-refractivity contribution in [3.8, 4) is 0 Å². The SMILES string of the molecule is Nc1ccc(C2=CSCC(=O)N2Cc2ccccc2)cc1. The standard InChI is InChI=1S/C17H16N2OS/c18-15-8-6-14(7-9-15)16-11-21-12-17(20)19(16)10-13-4-2-1-3-5-13/h1-9,11H,10,12,18H2. The normalized spacial score (nSPS) is 15.0. The molecule has 2 N–H and O–H groups in total. The van der Waals surface area contributed by atoms with Crippen LogP contribution in [0.4, 0.5) is 5.69 Å². The molecule has 0 radical (unpaired) electrons. The molecule has 0 fully saturated rings. The molecule has 3 nitrogen and oxygen atoms in total. The molecule has 2 aromatic carbocycles. The molecule has 4 heteroatoms. The molecule has 106 valence electrons. The Kier molecular flexibility index (Phi) is 3.97. The Hall–Kier alpha value is -2.20. The largest absolute Gasteiger partial charge is 0.399 e. The van der Waals surface area contributed by atoms with E-state index in [0.29, 0.717) is 12.3 Å². The maximum atomic E-state index is 12.3. The first-order valence-corrected chi connectivity index (χ1v) is 7.81. The molecule has 1 heterocycles. The van der Waals surface area contributed by atoms with Crippen molar-refractivity contribution in [3.05, 3.63) is 71.1 Å². The van der Waals surface area contributed by atoms with Crippen molar-refractivity contribution in [3.63, 3.8) is 0 Å². The predicted molar refractivity (Wildman–Crippen MR) is 88.3 cm³/mol. The van der Waals surface area contributed by atoms with E-state index >= 15 is 0 Å². The monoisotopic (exact) mass is 296 g/mol. The highest BCUT2D eigenvalue weighted by atomic mass is 32.2. The van der Waals surface area contributed by atoms with Crippen LogP contribution in [-0.4, -0.2) is 16.6 Å².